The molecule has 1 aromatic heterocycles. The van der Waals surface area contributed by atoms with Crippen LogP contribution < -0.4 is 0 Å². The summed E-state index contributed by atoms with van der Waals surface area (Å²) in [4.78, 5) is 4.89. The van der Waals surface area contributed by atoms with Crippen molar-refractivity contribution in [2.75, 3.05) is 32.7 Å². The summed E-state index contributed by atoms with van der Waals surface area (Å²) < 4.78 is 2.30. The number of nitrogens with zero attached hydrogens (tertiary/aromatic N) is 3. The van der Waals surface area contributed by atoms with Gasteiger partial charge in [0.05, 0.1) is 5.60 Å². The highest BCUT2D eigenvalue weighted by Gasteiger charge is 2.35. The predicted molar refractivity (Wildman–Crippen MR) is 103 cm³/mol. The molecule has 0 spiro atoms. The van der Waals surface area contributed by atoms with Crippen molar-refractivity contribution in [2.45, 2.75) is 51.3 Å². The first kappa shape index (κ1) is 17.1. The van der Waals surface area contributed by atoms with E-state index < -0.39 is 5.60 Å². The zero-order chi connectivity index (χ0) is 17.3. The van der Waals surface area contributed by atoms with Gasteiger partial charge in [0.1, 0.15) is 0 Å². The zero-order valence-corrected chi connectivity index (χ0v) is 15.5. The first-order valence-corrected chi connectivity index (χ1v) is 9.90. The number of likely N-dealkylation sites (tertiary alicyclic amines) is 2. The molecule has 1 atom stereocenters. The van der Waals surface area contributed by atoms with Crippen LogP contribution in [0.5, 0.6) is 0 Å². The van der Waals surface area contributed by atoms with Gasteiger partial charge in [0, 0.05) is 37.9 Å². The lowest BCUT2D eigenvalue weighted by molar-refractivity contribution is -0.0519. The fourth-order valence-electron chi connectivity index (χ4n) is 4.69. The Morgan fingerprint density at radius 2 is 1.84 bits per heavy atom. The highest BCUT2D eigenvalue weighted by atomic mass is 16.3. The Balaban J connectivity index is 1.44. The molecule has 0 bridgehead atoms. The summed E-state index contributed by atoms with van der Waals surface area (Å²) in [5.41, 5.74) is 2.15. The molecule has 4 heteroatoms. The molecule has 2 aliphatic heterocycles. The Hall–Kier alpha value is -1.36. The average Bonchev–Trinajstić information content (AvgIpc) is 3.23. The molecule has 2 aliphatic rings. The summed E-state index contributed by atoms with van der Waals surface area (Å²) in [5, 5.41) is 12.4. The molecule has 2 aromatic rings. The summed E-state index contributed by atoms with van der Waals surface area (Å²) in [6.45, 7) is 9.20. The lowest BCUT2D eigenvalue weighted by Gasteiger charge is -2.41. The van der Waals surface area contributed by atoms with Gasteiger partial charge >= 0.3 is 0 Å². The van der Waals surface area contributed by atoms with Gasteiger partial charge in [-0.2, -0.15) is 0 Å². The molecule has 0 saturated carbocycles. The van der Waals surface area contributed by atoms with E-state index >= 15 is 0 Å². The van der Waals surface area contributed by atoms with Crippen LogP contribution in [0.4, 0.5) is 0 Å². The van der Waals surface area contributed by atoms with Crippen LogP contribution in [0.3, 0.4) is 0 Å². The minimum absolute atomic E-state index is 0.531. The van der Waals surface area contributed by atoms with Gasteiger partial charge in [-0.25, -0.2) is 0 Å². The normalized spacial score (nSPS) is 25.8. The van der Waals surface area contributed by atoms with E-state index in [0.29, 0.717) is 0 Å². The maximum absolute atomic E-state index is 11.1. The molecular weight excluding hydrogens is 310 g/mol. The molecule has 0 radical (unpaired) electrons. The Bertz CT molecular complexity index is 719. The summed E-state index contributed by atoms with van der Waals surface area (Å²) in [6.07, 6.45) is 6.79. The van der Waals surface area contributed by atoms with Crippen molar-refractivity contribution in [3.63, 3.8) is 0 Å². The minimum Gasteiger partial charge on any atom is -0.387 e. The monoisotopic (exact) mass is 341 g/mol. The van der Waals surface area contributed by atoms with E-state index in [9.17, 15) is 5.11 Å². The van der Waals surface area contributed by atoms with Crippen LogP contribution in [0.25, 0.3) is 10.9 Å². The van der Waals surface area contributed by atoms with Crippen molar-refractivity contribution >= 4 is 10.9 Å². The van der Waals surface area contributed by atoms with Crippen LogP contribution in [-0.2, 0) is 13.1 Å². The van der Waals surface area contributed by atoms with Crippen molar-refractivity contribution in [2.24, 2.45) is 0 Å². The first-order valence-electron chi connectivity index (χ1n) is 9.90. The zero-order valence-electron chi connectivity index (χ0n) is 15.5. The second-order valence-electron chi connectivity index (χ2n) is 8.02. The van der Waals surface area contributed by atoms with E-state index in [2.05, 4.69) is 51.8 Å². The van der Waals surface area contributed by atoms with Crippen LogP contribution in [0.15, 0.2) is 30.5 Å². The van der Waals surface area contributed by atoms with Gasteiger partial charge in [0.25, 0.3) is 0 Å². The Labute approximate surface area is 151 Å². The molecule has 136 valence electrons. The number of rotatable bonds is 5. The molecular formula is C21H31N3O. The van der Waals surface area contributed by atoms with Crippen molar-refractivity contribution < 1.29 is 5.11 Å². The van der Waals surface area contributed by atoms with Gasteiger partial charge < -0.3 is 14.6 Å². The van der Waals surface area contributed by atoms with Gasteiger partial charge in [0.15, 0.2) is 0 Å². The van der Waals surface area contributed by atoms with Crippen LogP contribution in [0, 0.1) is 0 Å². The molecule has 2 fully saturated rings. The largest absolute Gasteiger partial charge is 0.387 e. The quantitative estimate of drug-likeness (QED) is 0.907. The summed E-state index contributed by atoms with van der Waals surface area (Å²) in [6, 6.07) is 9.00. The molecule has 1 aromatic carbocycles. The second kappa shape index (κ2) is 7.10. The summed E-state index contributed by atoms with van der Waals surface area (Å²) >= 11 is 0. The predicted octanol–water partition coefficient (Wildman–Crippen LogP) is 3.08. The first-order chi connectivity index (χ1) is 12.1. The van der Waals surface area contributed by atoms with Gasteiger partial charge in [-0.15, -0.1) is 0 Å². The third-order valence-electron chi connectivity index (χ3n) is 5.94. The Morgan fingerprint density at radius 1 is 1.04 bits per heavy atom. The molecule has 3 heterocycles. The summed E-state index contributed by atoms with van der Waals surface area (Å²) in [7, 11) is 0. The van der Waals surface area contributed by atoms with Crippen LogP contribution in [0.1, 0.15) is 38.2 Å². The van der Waals surface area contributed by atoms with Crippen LogP contribution in [-0.4, -0.2) is 57.8 Å². The van der Waals surface area contributed by atoms with E-state index in [1.165, 1.54) is 29.3 Å². The number of fused-ring (bicyclic) bond motifs is 1. The molecule has 0 amide bonds. The Kier molecular flexibility index (Phi) is 4.85. The lowest BCUT2D eigenvalue weighted by Crippen LogP contribution is -2.53. The van der Waals surface area contributed by atoms with E-state index in [4.69, 9.17) is 0 Å². The van der Waals surface area contributed by atoms with Crippen molar-refractivity contribution in [1.29, 1.82) is 0 Å². The second-order valence-corrected chi connectivity index (χ2v) is 8.02. The number of hydrogen-bond acceptors (Lipinski definition) is 3. The number of aliphatic hydroxyl groups is 1. The molecule has 1 N–H and O–H groups in total. The molecule has 25 heavy (non-hydrogen) atoms. The third kappa shape index (κ3) is 3.76. The van der Waals surface area contributed by atoms with Crippen LogP contribution in [0.2, 0.25) is 0 Å². The molecule has 4 rings (SSSR count). The highest BCUT2D eigenvalue weighted by molar-refractivity contribution is 5.80. The topological polar surface area (TPSA) is 31.6 Å². The van der Waals surface area contributed by atoms with Crippen LogP contribution >= 0.6 is 0 Å². The number of β-amino-alcohol motifs (C(OH)–C–C–N with tert-alkyl or cyclic N) is 1. The third-order valence-corrected chi connectivity index (χ3v) is 5.94. The molecule has 0 aliphatic carbocycles. The molecule has 2 saturated heterocycles. The Morgan fingerprint density at radius 3 is 2.64 bits per heavy atom. The van der Waals surface area contributed by atoms with Gasteiger partial charge in [0.2, 0.25) is 0 Å². The van der Waals surface area contributed by atoms with E-state index in [0.717, 1.165) is 58.7 Å². The van der Waals surface area contributed by atoms with Gasteiger partial charge in [-0.05, 0) is 75.3 Å². The maximum Gasteiger partial charge on any atom is 0.0900 e. The number of hydrogen-bond donors (Lipinski definition) is 1. The highest BCUT2D eigenvalue weighted by Crippen LogP contribution is 2.26. The van der Waals surface area contributed by atoms with Gasteiger partial charge in [-0.3, -0.25) is 4.90 Å². The van der Waals surface area contributed by atoms with Crippen molar-refractivity contribution in [3.05, 3.63) is 36.0 Å². The SMILES string of the molecule is CCn1ccc2ccc(CN3CCC[C@@](O)(CN4CCCC4)C3)cc21. The van der Waals surface area contributed by atoms with E-state index in [1.807, 2.05) is 0 Å². The maximum atomic E-state index is 11.1. The van der Waals surface area contributed by atoms with Crippen molar-refractivity contribution in [3.8, 4) is 0 Å². The number of aromatic nitrogens is 1. The fourth-order valence-corrected chi connectivity index (χ4v) is 4.69. The minimum atomic E-state index is -0.531. The molecule has 4 nitrogen and oxygen atoms in total. The number of piperidine rings is 1. The number of benzene rings is 1. The van der Waals surface area contributed by atoms with E-state index in [-0.39, 0.29) is 0 Å². The smallest absolute Gasteiger partial charge is 0.0900 e. The molecule has 0 unspecified atom stereocenters. The van der Waals surface area contributed by atoms with Crippen molar-refractivity contribution in [1.82, 2.24) is 14.4 Å². The average molecular weight is 341 g/mol. The standard InChI is InChI=1S/C21H31N3O/c1-2-24-13-8-19-7-6-18(14-20(19)24)15-23-12-5-9-21(25,17-23)16-22-10-3-4-11-22/h6-8,13-14,25H,2-5,9-12,15-17H2,1H3/t21-/m1/s1. The van der Waals surface area contributed by atoms with Gasteiger partial charge in [-0.1, -0.05) is 12.1 Å². The fraction of sp³-hybridized carbons (Fsp3) is 0.619. The number of aryl methyl sites for hydroxylation is 1. The van der Waals surface area contributed by atoms with E-state index in [1.54, 1.807) is 0 Å². The summed E-state index contributed by atoms with van der Waals surface area (Å²) in [5.74, 6) is 0. The lowest BCUT2D eigenvalue weighted by atomic mass is 9.92.